The first-order chi connectivity index (χ1) is 7.78. The van der Waals surface area contributed by atoms with Crippen molar-refractivity contribution in [2.45, 2.75) is 38.5 Å². The van der Waals surface area contributed by atoms with Crippen LogP contribution in [0.5, 0.6) is 0 Å². The van der Waals surface area contributed by atoms with Crippen molar-refractivity contribution in [1.82, 2.24) is 0 Å². The fourth-order valence-corrected chi connectivity index (χ4v) is 2.94. The van der Waals surface area contributed by atoms with Crippen molar-refractivity contribution in [2.24, 2.45) is 5.10 Å². The number of hydrogen-bond acceptors (Lipinski definition) is 2. The molecule has 4 nitrogen and oxygen atoms in total. The van der Waals surface area contributed by atoms with Crippen LogP contribution < -0.4 is 0 Å². The van der Waals surface area contributed by atoms with Gasteiger partial charge in [0.1, 0.15) is 5.71 Å². The van der Waals surface area contributed by atoms with E-state index in [0.717, 1.165) is 11.1 Å². The molecule has 0 aliphatic heterocycles. The van der Waals surface area contributed by atoms with Crippen molar-refractivity contribution in [3.8, 4) is 0 Å². The minimum Gasteiger partial charge on any atom is -0.233 e. The standard InChI is InChI=1S/C13H16N2O2/c1-12(2)9-7-5-6-8-10(9)13(3,4)11(12)14-15(16)17/h5-8H,1-4H3. The molecule has 0 radical (unpaired) electrons. The molecule has 0 atom stereocenters. The third-order valence-electron chi connectivity index (χ3n) is 3.64. The van der Waals surface area contributed by atoms with Gasteiger partial charge in [-0.1, -0.05) is 52.0 Å². The van der Waals surface area contributed by atoms with Gasteiger partial charge in [-0.05, 0) is 11.1 Å². The van der Waals surface area contributed by atoms with Crippen LogP contribution in [0.3, 0.4) is 0 Å². The van der Waals surface area contributed by atoms with Gasteiger partial charge in [0.05, 0.1) is 5.10 Å². The van der Waals surface area contributed by atoms with Crippen molar-refractivity contribution in [2.75, 3.05) is 0 Å². The van der Waals surface area contributed by atoms with E-state index in [2.05, 4.69) is 5.10 Å². The van der Waals surface area contributed by atoms with E-state index in [-0.39, 0.29) is 10.8 Å². The lowest BCUT2D eigenvalue weighted by Crippen LogP contribution is -2.35. The highest BCUT2D eigenvalue weighted by Crippen LogP contribution is 2.46. The van der Waals surface area contributed by atoms with Gasteiger partial charge >= 0.3 is 0 Å². The number of nitro groups is 1. The monoisotopic (exact) mass is 232 g/mol. The molecular formula is C13H16N2O2. The van der Waals surface area contributed by atoms with Crippen LogP contribution >= 0.6 is 0 Å². The van der Waals surface area contributed by atoms with Crippen LogP contribution in [-0.4, -0.2) is 10.7 Å². The second kappa shape index (κ2) is 3.39. The second-order valence-electron chi connectivity index (χ2n) is 5.48. The Labute approximate surface area is 100 Å². The maximum Gasteiger partial charge on any atom is 0.190 e. The quantitative estimate of drug-likeness (QED) is 0.552. The largest absolute Gasteiger partial charge is 0.233 e. The van der Waals surface area contributed by atoms with Gasteiger partial charge in [-0.2, -0.15) is 0 Å². The molecule has 4 heteroatoms. The molecule has 0 N–H and O–H groups in total. The van der Waals surface area contributed by atoms with E-state index in [4.69, 9.17) is 0 Å². The molecule has 0 aromatic heterocycles. The molecule has 0 saturated carbocycles. The van der Waals surface area contributed by atoms with Crippen LogP contribution in [-0.2, 0) is 10.8 Å². The van der Waals surface area contributed by atoms with Crippen molar-refractivity contribution in [3.05, 3.63) is 45.5 Å². The summed E-state index contributed by atoms with van der Waals surface area (Å²) in [6.45, 7) is 7.96. The first kappa shape index (κ1) is 11.8. The van der Waals surface area contributed by atoms with Crippen LogP contribution in [0.2, 0.25) is 0 Å². The summed E-state index contributed by atoms with van der Waals surface area (Å²) in [5.74, 6) is 0. The lowest BCUT2D eigenvalue weighted by molar-refractivity contribution is -0.485. The van der Waals surface area contributed by atoms with Gasteiger partial charge in [0.25, 0.3) is 0 Å². The zero-order valence-electron chi connectivity index (χ0n) is 10.5. The van der Waals surface area contributed by atoms with E-state index in [0.29, 0.717) is 5.71 Å². The Kier molecular flexibility index (Phi) is 2.35. The van der Waals surface area contributed by atoms with Crippen molar-refractivity contribution < 1.29 is 5.03 Å². The lowest BCUT2D eigenvalue weighted by atomic mass is 9.79. The van der Waals surface area contributed by atoms with Crippen molar-refractivity contribution in [1.29, 1.82) is 0 Å². The van der Waals surface area contributed by atoms with E-state index >= 15 is 0 Å². The van der Waals surface area contributed by atoms with Gasteiger partial charge < -0.3 is 0 Å². The van der Waals surface area contributed by atoms with Crippen LogP contribution in [0.25, 0.3) is 0 Å². The molecule has 0 bridgehead atoms. The molecule has 0 saturated heterocycles. The normalized spacial score (nSPS) is 19.9. The van der Waals surface area contributed by atoms with Gasteiger partial charge in [-0.15, -0.1) is 0 Å². The predicted octanol–water partition coefficient (Wildman–Crippen LogP) is 2.89. The predicted molar refractivity (Wildman–Crippen MR) is 66.9 cm³/mol. The van der Waals surface area contributed by atoms with E-state index in [1.807, 2.05) is 52.0 Å². The van der Waals surface area contributed by atoms with Crippen molar-refractivity contribution in [3.63, 3.8) is 0 Å². The molecule has 0 heterocycles. The van der Waals surface area contributed by atoms with Crippen LogP contribution in [0.15, 0.2) is 29.4 Å². The molecule has 0 spiro atoms. The molecule has 1 aliphatic carbocycles. The molecule has 17 heavy (non-hydrogen) atoms. The fraction of sp³-hybridized carbons (Fsp3) is 0.462. The summed E-state index contributed by atoms with van der Waals surface area (Å²) in [5.41, 5.74) is 2.12. The molecule has 2 rings (SSSR count). The first-order valence-corrected chi connectivity index (χ1v) is 5.62. The highest BCUT2D eigenvalue weighted by Gasteiger charge is 2.50. The number of nitrogens with zero attached hydrogens (tertiary/aromatic N) is 2. The summed E-state index contributed by atoms with van der Waals surface area (Å²) in [5, 5.41) is 13.7. The number of hydrogen-bond donors (Lipinski definition) is 0. The molecular weight excluding hydrogens is 216 g/mol. The molecule has 0 unspecified atom stereocenters. The van der Waals surface area contributed by atoms with Gasteiger partial charge in [0.15, 0.2) is 5.03 Å². The molecule has 0 fully saturated rings. The fourth-order valence-electron chi connectivity index (χ4n) is 2.94. The maximum atomic E-state index is 10.7. The lowest BCUT2D eigenvalue weighted by Gasteiger charge is -2.23. The molecule has 1 aromatic carbocycles. The highest BCUT2D eigenvalue weighted by atomic mass is 16.7. The maximum absolute atomic E-state index is 10.7. The molecule has 0 amide bonds. The van der Waals surface area contributed by atoms with E-state index in [9.17, 15) is 10.1 Å². The molecule has 1 aliphatic rings. The Morgan fingerprint density at radius 1 is 1.06 bits per heavy atom. The van der Waals surface area contributed by atoms with E-state index < -0.39 is 5.03 Å². The average Bonchev–Trinajstić information content (AvgIpc) is 2.38. The zero-order chi connectivity index (χ0) is 12.8. The number of hydrazone groups is 1. The Hall–Kier alpha value is -1.71. The average molecular weight is 232 g/mol. The number of fused-ring (bicyclic) bond motifs is 1. The minimum atomic E-state index is -0.593. The topological polar surface area (TPSA) is 55.5 Å². The first-order valence-electron chi connectivity index (χ1n) is 5.62. The van der Waals surface area contributed by atoms with Gasteiger partial charge in [-0.25, -0.2) is 10.1 Å². The third-order valence-corrected chi connectivity index (χ3v) is 3.64. The van der Waals surface area contributed by atoms with Crippen LogP contribution in [0, 0.1) is 10.1 Å². The van der Waals surface area contributed by atoms with Gasteiger partial charge in [0.2, 0.25) is 0 Å². The number of rotatable bonds is 1. The zero-order valence-corrected chi connectivity index (χ0v) is 10.5. The summed E-state index contributed by atoms with van der Waals surface area (Å²) in [6, 6.07) is 7.98. The highest BCUT2D eigenvalue weighted by molar-refractivity contribution is 6.06. The van der Waals surface area contributed by atoms with Gasteiger partial charge in [0, 0.05) is 10.8 Å². The summed E-state index contributed by atoms with van der Waals surface area (Å²) in [4.78, 5) is 10.7. The van der Waals surface area contributed by atoms with Gasteiger partial charge in [-0.3, -0.25) is 0 Å². The summed E-state index contributed by atoms with van der Waals surface area (Å²) in [6.07, 6.45) is 0. The number of benzene rings is 1. The Morgan fingerprint density at radius 2 is 1.47 bits per heavy atom. The van der Waals surface area contributed by atoms with Crippen molar-refractivity contribution >= 4 is 5.71 Å². The van der Waals surface area contributed by atoms with Crippen LogP contribution in [0.1, 0.15) is 38.8 Å². The second-order valence-corrected chi connectivity index (χ2v) is 5.48. The Balaban J connectivity index is 2.73. The van der Waals surface area contributed by atoms with E-state index in [1.54, 1.807) is 0 Å². The summed E-state index contributed by atoms with van der Waals surface area (Å²) >= 11 is 0. The SMILES string of the molecule is CC1(C)C(=N[N+](=O)[O-])C(C)(C)c2ccccc21. The third kappa shape index (κ3) is 1.55. The summed E-state index contributed by atoms with van der Waals surface area (Å²) in [7, 11) is 0. The smallest absolute Gasteiger partial charge is 0.190 e. The molecule has 90 valence electrons. The van der Waals surface area contributed by atoms with E-state index in [1.165, 1.54) is 0 Å². The Bertz CT molecular complexity index is 479. The van der Waals surface area contributed by atoms with Crippen LogP contribution in [0.4, 0.5) is 0 Å². The minimum absolute atomic E-state index is 0.382. The summed E-state index contributed by atoms with van der Waals surface area (Å²) < 4.78 is 0. The molecule has 1 aromatic rings. The Morgan fingerprint density at radius 3 is 1.82 bits per heavy atom.